The molecular weight excluding hydrogens is 306 g/mol. The molecule has 0 saturated heterocycles. The van der Waals surface area contributed by atoms with E-state index in [1.165, 1.54) is 24.5 Å². The normalized spacial score (nSPS) is 11.1. The molecule has 0 spiro atoms. The molecule has 0 atom stereocenters. The summed E-state index contributed by atoms with van der Waals surface area (Å²) < 4.78 is 4.42. The van der Waals surface area contributed by atoms with E-state index in [2.05, 4.69) is 15.3 Å². The summed E-state index contributed by atoms with van der Waals surface area (Å²) in [4.78, 5) is 23.2. The van der Waals surface area contributed by atoms with E-state index in [-0.39, 0.29) is 5.69 Å². The molecule has 2 aromatic rings. The van der Waals surface area contributed by atoms with Crippen LogP contribution >= 0.6 is 11.3 Å². The number of nitro benzene ring substituents is 1. The van der Waals surface area contributed by atoms with E-state index < -0.39 is 11.0 Å². The molecule has 0 fully saturated rings. The van der Waals surface area contributed by atoms with Gasteiger partial charge in [-0.3, -0.25) is 10.1 Å². The van der Waals surface area contributed by atoms with Crippen molar-refractivity contribution in [1.29, 1.82) is 0 Å². The maximum atomic E-state index is 11.1. The lowest BCUT2D eigenvalue weighted by molar-refractivity contribution is -0.384. The lowest BCUT2D eigenvalue weighted by Gasteiger charge is -2.00. The highest BCUT2D eigenvalue weighted by Gasteiger charge is 2.16. The van der Waals surface area contributed by atoms with Crippen LogP contribution in [0.1, 0.15) is 11.8 Å². The van der Waals surface area contributed by atoms with E-state index in [0.717, 1.165) is 9.75 Å². The molecule has 0 aliphatic heterocycles. The second-order valence-electron chi connectivity index (χ2n) is 4.24. The van der Waals surface area contributed by atoms with E-state index in [4.69, 9.17) is 0 Å². The maximum absolute atomic E-state index is 11.1. The van der Waals surface area contributed by atoms with Crippen LogP contribution in [-0.4, -0.2) is 23.8 Å². The smallest absolute Gasteiger partial charge is 0.427 e. The van der Waals surface area contributed by atoms with Gasteiger partial charge in [0, 0.05) is 10.9 Å². The summed E-state index contributed by atoms with van der Waals surface area (Å²) >= 11 is 1.36. The molecule has 0 radical (unpaired) electrons. The molecule has 1 aromatic heterocycles. The van der Waals surface area contributed by atoms with Crippen molar-refractivity contribution in [3.05, 3.63) is 51.4 Å². The number of rotatable bonds is 4. The first kappa shape index (κ1) is 15.6. The molecule has 1 aromatic carbocycles. The van der Waals surface area contributed by atoms with Gasteiger partial charge in [0.05, 0.1) is 28.2 Å². The first-order valence-electron chi connectivity index (χ1n) is 6.25. The highest BCUT2D eigenvalue weighted by Crippen LogP contribution is 2.34. The Labute approximate surface area is 130 Å². The van der Waals surface area contributed by atoms with Crippen LogP contribution in [0.3, 0.4) is 0 Å². The lowest BCUT2D eigenvalue weighted by atomic mass is 10.1. The molecule has 0 saturated carbocycles. The highest BCUT2D eigenvalue weighted by atomic mass is 32.1. The number of amides is 1. The number of nitrogens with one attached hydrogen (secondary N) is 1. The van der Waals surface area contributed by atoms with Gasteiger partial charge in [-0.2, -0.15) is 5.10 Å². The number of ether oxygens (including phenoxy) is 1. The van der Waals surface area contributed by atoms with Gasteiger partial charge in [-0.15, -0.1) is 11.3 Å². The third-order valence-corrected chi connectivity index (χ3v) is 4.06. The number of carbonyl (C=O) groups is 1. The Morgan fingerprint density at radius 2 is 2.05 bits per heavy atom. The van der Waals surface area contributed by atoms with Gasteiger partial charge in [0.25, 0.3) is 5.69 Å². The molecule has 0 aliphatic rings. The summed E-state index contributed by atoms with van der Waals surface area (Å²) in [6, 6.07) is 10.1. The molecular formula is C14H13N3O4S. The average molecular weight is 319 g/mol. The second-order valence-corrected chi connectivity index (χ2v) is 5.32. The molecule has 8 heteroatoms. The topological polar surface area (TPSA) is 93.8 Å². The summed E-state index contributed by atoms with van der Waals surface area (Å²) in [5.41, 5.74) is 3.43. The first-order valence-corrected chi connectivity index (χ1v) is 7.07. The quantitative estimate of drug-likeness (QED) is 0.531. The Kier molecular flexibility index (Phi) is 4.84. The molecule has 1 amide bonds. The number of carbonyl (C=O) groups excluding carboxylic acids is 1. The predicted molar refractivity (Wildman–Crippen MR) is 84.2 cm³/mol. The molecule has 2 rings (SSSR count). The van der Waals surface area contributed by atoms with Crippen LogP contribution in [0.4, 0.5) is 10.5 Å². The first-order chi connectivity index (χ1) is 10.5. The minimum atomic E-state index is -0.658. The van der Waals surface area contributed by atoms with Crippen molar-refractivity contribution < 1.29 is 14.5 Å². The third kappa shape index (κ3) is 3.47. The van der Waals surface area contributed by atoms with Gasteiger partial charge in [0.1, 0.15) is 0 Å². The van der Waals surface area contributed by atoms with Crippen LogP contribution in [0.15, 0.2) is 41.5 Å². The van der Waals surface area contributed by atoms with Gasteiger partial charge in [-0.05, 0) is 25.1 Å². The Morgan fingerprint density at radius 3 is 2.73 bits per heavy atom. The van der Waals surface area contributed by atoms with Crippen molar-refractivity contribution >= 4 is 28.8 Å². The number of nitro groups is 1. The summed E-state index contributed by atoms with van der Waals surface area (Å²) in [7, 11) is 1.25. The zero-order chi connectivity index (χ0) is 16.1. The predicted octanol–water partition coefficient (Wildman–Crippen LogP) is 3.40. The largest absolute Gasteiger partial charge is 0.452 e. The minimum absolute atomic E-state index is 0.0539. The number of thiophene rings is 1. The van der Waals surface area contributed by atoms with Gasteiger partial charge >= 0.3 is 6.09 Å². The standard InChI is InChI=1S/C14H13N3O4S/c1-9(15-16-14(18)21-2)12-7-8-13(22-12)10-5-3-4-6-11(10)17(19)20/h3-8H,1-2H3,(H,16,18)/b15-9+. The number of hydrogen-bond donors (Lipinski definition) is 1. The van der Waals surface area contributed by atoms with Crippen LogP contribution in [-0.2, 0) is 4.74 Å². The van der Waals surface area contributed by atoms with E-state index in [1.54, 1.807) is 37.3 Å². The monoisotopic (exact) mass is 319 g/mol. The van der Waals surface area contributed by atoms with Gasteiger partial charge < -0.3 is 4.74 Å². The zero-order valence-electron chi connectivity index (χ0n) is 11.9. The summed E-state index contributed by atoms with van der Waals surface area (Å²) in [5, 5.41) is 15.0. The van der Waals surface area contributed by atoms with Crippen LogP contribution in [0.25, 0.3) is 10.4 Å². The van der Waals surface area contributed by atoms with Crippen molar-refractivity contribution in [3.8, 4) is 10.4 Å². The van der Waals surface area contributed by atoms with E-state index >= 15 is 0 Å². The molecule has 1 N–H and O–H groups in total. The molecule has 1 heterocycles. The number of methoxy groups -OCH3 is 1. The number of hydrazone groups is 1. The Morgan fingerprint density at radius 1 is 1.32 bits per heavy atom. The summed E-state index contributed by atoms with van der Waals surface area (Å²) in [6.07, 6.45) is -0.658. The summed E-state index contributed by atoms with van der Waals surface area (Å²) in [5.74, 6) is 0. The van der Waals surface area contributed by atoms with Crippen molar-refractivity contribution in [2.24, 2.45) is 5.10 Å². The molecule has 0 aliphatic carbocycles. The third-order valence-electron chi connectivity index (χ3n) is 2.83. The van der Waals surface area contributed by atoms with E-state index in [1.807, 2.05) is 0 Å². The Balaban J connectivity index is 2.29. The zero-order valence-corrected chi connectivity index (χ0v) is 12.7. The average Bonchev–Trinajstić information content (AvgIpc) is 3.02. The van der Waals surface area contributed by atoms with Crippen LogP contribution < -0.4 is 5.43 Å². The number of hydrogen-bond acceptors (Lipinski definition) is 6. The molecule has 0 unspecified atom stereocenters. The van der Waals surface area contributed by atoms with Crippen molar-refractivity contribution in [2.45, 2.75) is 6.92 Å². The lowest BCUT2D eigenvalue weighted by Crippen LogP contribution is -2.18. The Hall–Kier alpha value is -2.74. The number of benzene rings is 1. The van der Waals surface area contributed by atoms with Crippen molar-refractivity contribution in [1.82, 2.24) is 5.43 Å². The van der Waals surface area contributed by atoms with Gasteiger partial charge in [0.15, 0.2) is 0 Å². The van der Waals surface area contributed by atoms with Gasteiger partial charge in [0.2, 0.25) is 0 Å². The van der Waals surface area contributed by atoms with E-state index in [9.17, 15) is 14.9 Å². The Bertz CT molecular complexity index is 739. The van der Waals surface area contributed by atoms with E-state index in [0.29, 0.717) is 11.3 Å². The number of nitrogens with zero attached hydrogens (tertiary/aromatic N) is 2. The highest BCUT2D eigenvalue weighted by molar-refractivity contribution is 7.17. The van der Waals surface area contributed by atoms with Crippen molar-refractivity contribution in [2.75, 3.05) is 7.11 Å². The fraction of sp³-hybridized carbons (Fsp3) is 0.143. The minimum Gasteiger partial charge on any atom is -0.452 e. The summed E-state index contributed by atoms with van der Waals surface area (Å²) in [6.45, 7) is 1.73. The fourth-order valence-corrected chi connectivity index (χ4v) is 2.73. The van der Waals surface area contributed by atoms with Gasteiger partial charge in [-0.1, -0.05) is 12.1 Å². The molecule has 114 valence electrons. The van der Waals surface area contributed by atoms with Crippen LogP contribution in [0, 0.1) is 10.1 Å². The SMILES string of the molecule is COC(=O)N/N=C(\C)c1ccc(-c2ccccc2[N+](=O)[O-])s1. The molecule has 22 heavy (non-hydrogen) atoms. The van der Waals surface area contributed by atoms with Crippen molar-refractivity contribution in [3.63, 3.8) is 0 Å². The molecule has 0 bridgehead atoms. The van der Waals surface area contributed by atoms with Crippen LogP contribution in [0.2, 0.25) is 0 Å². The second kappa shape index (κ2) is 6.81. The number of para-hydroxylation sites is 1. The maximum Gasteiger partial charge on any atom is 0.427 e. The molecule has 7 nitrogen and oxygen atoms in total. The van der Waals surface area contributed by atoms with Crippen LogP contribution in [0.5, 0.6) is 0 Å². The van der Waals surface area contributed by atoms with Gasteiger partial charge in [-0.25, -0.2) is 10.2 Å². The fourth-order valence-electron chi connectivity index (χ4n) is 1.75.